The molecule has 0 spiro atoms. The minimum absolute atomic E-state index is 0.279. The van der Waals surface area contributed by atoms with E-state index in [2.05, 4.69) is 6.92 Å². The number of benzene rings is 2. The third-order valence-corrected chi connectivity index (χ3v) is 6.74. The summed E-state index contributed by atoms with van der Waals surface area (Å²) < 4.78 is 30.4. The van der Waals surface area contributed by atoms with Crippen LogP contribution in [0.2, 0.25) is 0 Å². The Morgan fingerprint density at radius 3 is 2.37 bits per heavy atom. The van der Waals surface area contributed by atoms with Crippen LogP contribution in [0.25, 0.3) is 5.57 Å². The van der Waals surface area contributed by atoms with Crippen molar-refractivity contribution in [3.8, 4) is 0 Å². The van der Waals surface area contributed by atoms with Crippen LogP contribution in [0.5, 0.6) is 0 Å². The van der Waals surface area contributed by atoms with Crippen molar-refractivity contribution in [2.75, 3.05) is 21.2 Å². The maximum absolute atomic E-state index is 12.2. The number of fused-ring (bicyclic) bond motifs is 1. The Morgan fingerprint density at radius 2 is 1.78 bits per heavy atom. The number of esters is 1. The molecule has 5 nitrogen and oxygen atoms in total. The first kappa shape index (κ1) is 19.3. The van der Waals surface area contributed by atoms with Gasteiger partial charge in [0.2, 0.25) is 10.0 Å². The van der Waals surface area contributed by atoms with Gasteiger partial charge in [-0.3, -0.25) is 0 Å². The molecule has 0 bridgehead atoms. The van der Waals surface area contributed by atoms with E-state index in [0.717, 1.165) is 17.5 Å². The molecule has 0 atom stereocenters. The predicted octanol–water partition coefficient (Wildman–Crippen LogP) is 3.30. The molecule has 0 amide bonds. The highest BCUT2D eigenvalue weighted by atomic mass is 32.2. The summed E-state index contributed by atoms with van der Waals surface area (Å²) in [5.41, 5.74) is 6.27. The van der Waals surface area contributed by atoms with E-state index in [4.69, 9.17) is 4.74 Å². The van der Waals surface area contributed by atoms with Crippen molar-refractivity contribution in [3.63, 3.8) is 0 Å². The molecule has 0 fully saturated rings. The van der Waals surface area contributed by atoms with Crippen LogP contribution in [0.4, 0.5) is 0 Å². The standard InChI is InChI=1S/C21H23NO4S/c1-14-11-16-7-8-17(21(23)26-4)13-20(16)19(14)12-15-5-9-18(10-6-15)27(24,25)22(2)3/h5-10,13H,11-12H2,1-4H3. The Morgan fingerprint density at radius 1 is 1.11 bits per heavy atom. The van der Waals surface area contributed by atoms with Gasteiger partial charge in [0, 0.05) is 14.1 Å². The third kappa shape index (κ3) is 3.68. The van der Waals surface area contributed by atoms with Crippen molar-refractivity contribution in [2.45, 2.75) is 24.7 Å². The van der Waals surface area contributed by atoms with Gasteiger partial charge in [-0.05, 0) is 66.3 Å². The van der Waals surface area contributed by atoms with Crippen molar-refractivity contribution < 1.29 is 17.9 Å². The van der Waals surface area contributed by atoms with Crippen LogP contribution in [0.15, 0.2) is 52.9 Å². The van der Waals surface area contributed by atoms with E-state index >= 15 is 0 Å². The van der Waals surface area contributed by atoms with E-state index in [1.54, 1.807) is 18.2 Å². The first-order valence-corrected chi connectivity index (χ1v) is 10.1. The summed E-state index contributed by atoms with van der Waals surface area (Å²) in [6.45, 7) is 2.10. The molecule has 27 heavy (non-hydrogen) atoms. The summed E-state index contributed by atoms with van der Waals surface area (Å²) in [5.74, 6) is -0.347. The molecule has 0 aromatic heterocycles. The van der Waals surface area contributed by atoms with E-state index in [1.165, 1.54) is 42.2 Å². The van der Waals surface area contributed by atoms with E-state index in [9.17, 15) is 13.2 Å². The lowest BCUT2D eigenvalue weighted by atomic mass is 9.96. The quantitative estimate of drug-likeness (QED) is 0.741. The number of rotatable bonds is 5. The Labute approximate surface area is 160 Å². The fraction of sp³-hybridized carbons (Fsp3) is 0.286. The normalized spacial score (nSPS) is 13.8. The second kappa shape index (κ2) is 7.29. The minimum Gasteiger partial charge on any atom is -0.465 e. The molecular weight excluding hydrogens is 362 g/mol. The van der Waals surface area contributed by atoms with Gasteiger partial charge in [-0.25, -0.2) is 17.5 Å². The van der Waals surface area contributed by atoms with Gasteiger partial charge in [-0.2, -0.15) is 0 Å². The summed E-state index contributed by atoms with van der Waals surface area (Å²) in [6.07, 6.45) is 1.55. The van der Waals surface area contributed by atoms with Crippen molar-refractivity contribution in [1.82, 2.24) is 4.31 Å². The maximum atomic E-state index is 12.2. The van der Waals surface area contributed by atoms with Gasteiger partial charge in [0.15, 0.2) is 0 Å². The van der Waals surface area contributed by atoms with E-state index in [-0.39, 0.29) is 10.9 Å². The molecule has 0 radical (unpaired) electrons. The lowest BCUT2D eigenvalue weighted by Crippen LogP contribution is -2.22. The summed E-state index contributed by atoms with van der Waals surface area (Å²) in [4.78, 5) is 12.1. The van der Waals surface area contributed by atoms with E-state index in [1.807, 2.05) is 24.3 Å². The number of ether oxygens (including phenoxy) is 1. The molecule has 0 saturated carbocycles. The molecule has 142 valence electrons. The van der Waals surface area contributed by atoms with Crippen LogP contribution in [0.1, 0.15) is 34.0 Å². The molecule has 3 rings (SSSR count). The zero-order valence-electron chi connectivity index (χ0n) is 15.9. The van der Waals surface area contributed by atoms with Crippen LogP contribution < -0.4 is 0 Å². The highest BCUT2D eigenvalue weighted by Crippen LogP contribution is 2.35. The molecule has 2 aromatic rings. The van der Waals surface area contributed by atoms with Crippen LogP contribution >= 0.6 is 0 Å². The monoisotopic (exact) mass is 385 g/mol. The lowest BCUT2D eigenvalue weighted by Gasteiger charge is -2.12. The van der Waals surface area contributed by atoms with Crippen molar-refractivity contribution >= 4 is 21.6 Å². The molecule has 0 heterocycles. The number of hydrogen-bond acceptors (Lipinski definition) is 4. The number of methoxy groups -OCH3 is 1. The summed E-state index contributed by atoms with van der Waals surface area (Å²) in [7, 11) is 0.987. The molecule has 1 aliphatic carbocycles. The SMILES string of the molecule is COC(=O)c1ccc2c(c1)C(Cc1ccc(S(=O)(=O)N(C)C)cc1)=C(C)C2. The molecule has 6 heteroatoms. The van der Waals surface area contributed by atoms with Gasteiger partial charge in [-0.1, -0.05) is 23.8 Å². The van der Waals surface area contributed by atoms with Crippen LogP contribution in [0.3, 0.4) is 0 Å². The molecule has 0 unspecified atom stereocenters. The zero-order valence-corrected chi connectivity index (χ0v) is 16.8. The lowest BCUT2D eigenvalue weighted by molar-refractivity contribution is 0.0600. The molecule has 0 N–H and O–H groups in total. The van der Waals surface area contributed by atoms with Crippen LogP contribution in [-0.4, -0.2) is 39.9 Å². The van der Waals surface area contributed by atoms with Gasteiger partial charge < -0.3 is 4.74 Å². The van der Waals surface area contributed by atoms with Crippen LogP contribution in [0, 0.1) is 0 Å². The topological polar surface area (TPSA) is 63.7 Å². The summed E-state index contributed by atoms with van der Waals surface area (Å²) in [6, 6.07) is 12.6. The van der Waals surface area contributed by atoms with E-state index < -0.39 is 10.0 Å². The number of allylic oxidation sites excluding steroid dienone is 2. The van der Waals surface area contributed by atoms with Gasteiger partial charge in [-0.15, -0.1) is 0 Å². The number of carbonyl (C=O) groups excluding carboxylic acids is 1. The van der Waals surface area contributed by atoms with E-state index in [0.29, 0.717) is 12.0 Å². The first-order valence-electron chi connectivity index (χ1n) is 8.65. The zero-order chi connectivity index (χ0) is 19.8. The average molecular weight is 385 g/mol. The van der Waals surface area contributed by atoms with Crippen molar-refractivity contribution in [3.05, 3.63) is 70.3 Å². The highest BCUT2D eigenvalue weighted by Gasteiger charge is 2.22. The number of carbonyl (C=O) groups is 1. The van der Waals surface area contributed by atoms with Gasteiger partial charge in [0.05, 0.1) is 17.6 Å². The minimum atomic E-state index is -3.43. The Balaban J connectivity index is 1.89. The molecule has 1 aliphatic rings. The summed E-state index contributed by atoms with van der Waals surface area (Å²) >= 11 is 0. The highest BCUT2D eigenvalue weighted by molar-refractivity contribution is 7.89. The fourth-order valence-corrected chi connectivity index (χ4v) is 4.22. The largest absolute Gasteiger partial charge is 0.465 e. The number of hydrogen-bond donors (Lipinski definition) is 0. The number of sulfonamides is 1. The van der Waals surface area contributed by atoms with Crippen molar-refractivity contribution in [1.29, 1.82) is 0 Å². The second-order valence-electron chi connectivity index (χ2n) is 6.91. The first-order chi connectivity index (χ1) is 12.7. The Kier molecular flexibility index (Phi) is 5.22. The molecular formula is C21H23NO4S. The van der Waals surface area contributed by atoms with Crippen LogP contribution in [-0.2, 0) is 27.6 Å². The Bertz CT molecular complexity index is 1020. The molecule has 2 aromatic carbocycles. The van der Waals surface area contributed by atoms with Gasteiger partial charge >= 0.3 is 5.97 Å². The third-order valence-electron chi connectivity index (χ3n) is 4.91. The Hall–Kier alpha value is -2.44. The van der Waals surface area contributed by atoms with Gasteiger partial charge in [0.25, 0.3) is 0 Å². The molecule has 0 saturated heterocycles. The van der Waals surface area contributed by atoms with Crippen molar-refractivity contribution in [2.24, 2.45) is 0 Å². The summed E-state index contributed by atoms with van der Waals surface area (Å²) in [5, 5.41) is 0. The predicted molar refractivity (Wildman–Crippen MR) is 105 cm³/mol. The fourth-order valence-electron chi connectivity index (χ4n) is 3.32. The average Bonchev–Trinajstić information content (AvgIpc) is 2.96. The molecule has 0 aliphatic heterocycles. The van der Waals surface area contributed by atoms with Gasteiger partial charge in [0.1, 0.15) is 0 Å². The second-order valence-corrected chi connectivity index (χ2v) is 9.06. The number of nitrogens with zero attached hydrogens (tertiary/aromatic N) is 1. The maximum Gasteiger partial charge on any atom is 0.337 e. The smallest absolute Gasteiger partial charge is 0.337 e.